The molecule has 3 rings (SSSR count). The molecule has 2 N–H and O–H groups in total. The maximum Gasteiger partial charge on any atom is 0.134 e. The molecule has 1 aliphatic heterocycles. The van der Waals surface area contributed by atoms with Crippen molar-refractivity contribution in [1.29, 1.82) is 0 Å². The molecule has 90 valence electrons. The van der Waals surface area contributed by atoms with Gasteiger partial charge in [-0.25, -0.2) is 4.39 Å². The third-order valence-electron chi connectivity index (χ3n) is 3.30. The zero-order valence-corrected chi connectivity index (χ0v) is 10.2. The first-order valence-electron chi connectivity index (χ1n) is 5.76. The Morgan fingerprint density at radius 3 is 3.06 bits per heavy atom. The number of furan rings is 1. The monoisotopic (exact) mass is 251 g/mol. The van der Waals surface area contributed by atoms with E-state index in [4.69, 9.17) is 10.2 Å². The van der Waals surface area contributed by atoms with Gasteiger partial charge < -0.3 is 10.2 Å². The van der Waals surface area contributed by atoms with E-state index >= 15 is 0 Å². The van der Waals surface area contributed by atoms with E-state index in [1.54, 1.807) is 6.07 Å². The fourth-order valence-electron chi connectivity index (χ4n) is 2.27. The van der Waals surface area contributed by atoms with Gasteiger partial charge in [-0.15, -0.1) is 0 Å². The first-order valence-corrected chi connectivity index (χ1v) is 6.92. The zero-order chi connectivity index (χ0) is 11.8. The molecule has 0 radical (unpaired) electrons. The van der Waals surface area contributed by atoms with Gasteiger partial charge >= 0.3 is 0 Å². The van der Waals surface area contributed by atoms with Crippen molar-refractivity contribution in [3.05, 3.63) is 35.8 Å². The average molecular weight is 251 g/mol. The van der Waals surface area contributed by atoms with Crippen molar-refractivity contribution in [2.45, 2.75) is 12.5 Å². The Balaban J connectivity index is 1.94. The lowest BCUT2D eigenvalue weighted by molar-refractivity contribution is 0.402. The number of rotatable bonds is 2. The standard InChI is InChI=1S/C13H14FNOS/c14-10-1-2-11-9(5-10)6-12(16-11)13(15)8-3-4-17-7-8/h1-2,5-6,8,13H,3-4,7,15H2. The molecule has 0 bridgehead atoms. The van der Waals surface area contributed by atoms with Gasteiger partial charge in [-0.05, 0) is 48.1 Å². The molecule has 0 spiro atoms. The molecule has 2 nitrogen and oxygen atoms in total. The van der Waals surface area contributed by atoms with Crippen LogP contribution in [0.3, 0.4) is 0 Å². The van der Waals surface area contributed by atoms with Gasteiger partial charge in [-0.3, -0.25) is 0 Å². The summed E-state index contributed by atoms with van der Waals surface area (Å²) < 4.78 is 18.8. The second-order valence-electron chi connectivity index (χ2n) is 4.48. The Morgan fingerprint density at radius 2 is 2.29 bits per heavy atom. The Labute approximate surface area is 103 Å². The number of hydrogen-bond donors (Lipinski definition) is 1. The summed E-state index contributed by atoms with van der Waals surface area (Å²) >= 11 is 1.93. The van der Waals surface area contributed by atoms with Crippen LogP contribution >= 0.6 is 11.8 Å². The van der Waals surface area contributed by atoms with E-state index in [2.05, 4.69) is 0 Å². The van der Waals surface area contributed by atoms with Crippen LogP contribution in [0.5, 0.6) is 0 Å². The Hall–Kier alpha value is -1.000. The van der Waals surface area contributed by atoms with Crippen molar-refractivity contribution in [2.24, 2.45) is 11.7 Å². The summed E-state index contributed by atoms with van der Waals surface area (Å²) in [6.07, 6.45) is 1.14. The Morgan fingerprint density at radius 1 is 1.41 bits per heavy atom. The molecule has 4 heteroatoms. The SMILES string of the molecule is NC(c1cc2cc(F)ccc2o1)C1CCSC1. The smallest absolute Gasteiger partial charge is 0.134 e. The van der Waals surface area contributed by atoms with E-state index < -0.39 is 0 Å². The van der Waals surface area contributed by atoms with Gasteiger partial charge in [0.1, 0.15) is 17.2 Å². The van der Waals surface area contributed by atoms with Gasteiger partial charge in [-0.2, -0.15) is 11.8 Å². The Bertz CT molecular complexity index is 533. The zero-order valence-electron chi connectivity index (χ0n) is 9.36. The molecule has 0 aliphatic carbocycles. The maximum atomic E-state index is 13.1. The van der Waals surface area contributed by atoms with Crippen LogP contribution in [0.15, 0.2) is 28.7 Å². The van der Waals surface area contributed by atoms with Gasteiger partial charge in [0.15, 0.2) is 0 Å². The molecule has 2 unspecified atom stereocenters. The predicted molar refractivity (Wildman–Crippen MR) is 68.5 cm³/mol. The highest BCUT2D eigenvalue weighted by Crippen LogP contribution is 2.34. The van der Waals surface area contributed by atoms with E-state index in [1.165, 1.54) is 17.9 Å². The quantitative estimate of drug-likeness (QED) is 0.890. The number of benzene rings is 1. The fourth-order valence-corrected chi connectivity index (χ4v) is 3.58. The minimum absolute atomic E-state index is 0.0690. The highest BCUT2D eigenvalue weighted by Gasteiger charge is 2.26. The van der Waals surface area contributed by atoms with E-state index in [-0.39, 0.29) is 11.9 Å². The third kappa shape index (κ3) is 2.07. The highest BCUT2D eigenvalue weighted by molar-refractivity contribution is 7.99. The molecular formula is C13H14FNOS. The van der Waals surface area contributed by atoms with Gasteiger partial charge in [0, 0.05) is 5.39 Å². The normalized spacial score (nSPS) is 22.1. The van der Waals surface area contributed by atoms with Gasteiger partial charge in [0.05, 0.1) is 6.04 Å². The van der Waals surface area contributed by atoms with Crippen LogP contribution < -0.4 is 5.73 Å². The molecule has 2 aromatic rings. The molecule has 1 aromatic heterocycles. The summed E-state index contributed by atoms with van der Waals surface area (Å²) in [5, 5.41) is 0.793. The maximum absolute atomic E-state index is 13.1. The average Bonchev–Trinajstić information content (AvgIpc) is 2.96. The summed E-state index contributed by atoms with van der Waals surface area (Å²) in [5.41, 5.74) is 6.91. The number of fused-ring (bicyclic) bond motifs is 1. The molecule has 1 fully saturated rings. The van der Waals surface area contributed by atoms with Crippen LogP contribution in [-0.2, 0) is 0 Å². The van der Waals surface area contributed by atoms with Gasteiger partial charge in [0.2, 0.25) is 0 Å². The largest absolute Gasteiger partial charge is 0.459 e. The second-order valence-corrected chi connectivity index (χ2v) is 5.63. The van der Waals surface area contributed by atoms with Crippen molar-refractivity contribution in [1.82, 2.24) is 0 Å². The minimum Gasteiger partial charge on any atom is -0.459 e. The first kappa shape index (κ1) is 11.1. The van der Waals surface area contributed by atoms with E-state index in [9.17, 15) is 4.39 Å². The number of nitrogens with two attached hydrogens (primary N) is 1. The van der Waals surface area contributed by atoms with Crippen molar-refractivity contribution in [3.63, 3.8) is 0 Å². The van der Waals surface area contributed by atoms with E-state index in [0.717, 1.165) is 23.3 Å². The number of thioether (sulfide) groups is 1. The van der Waals surface area contributed by atoms with Crippen molar-refractivity contribution >= 4 is 22.7 Å². The van der Waals surface area contributed by atoms with Crippen LogP contribution in [0.2, 0.25) is 0 Å². The van der Waals surface area contributed by atoms with E-state index in [0.29, 0.717) is 11.5 Å². The minimum atomic E-state index is -0.241. The topological polar surface area (TPSA) is 39.2 Å². The number of hydrogen-bond acceptors (Lipinski definition) is 3. The van der Waals surface area contributed by atoms with Crippen molar-refractivity contribution in [2.75, 3.05) is 11.5 Å². The lowest BCUT2D eigenvalue weighted by Gasteiger charge is -2.15. The Kier molecular flexibility index (Phi) is 2.84. The summed E-state index contributed by atoms with van der Waals surface area (Å²) in [7, 11) is 0. The fraction of sp³-hybridized carbons (Fsp3) is 0.385. The summed E-state index contributed by atoms with van der Waals surface area (Å²) in [4.78, 5) is 0. The molecule has 1 saturated heterocycles. The molecule has 0 amide bonds. The van der Waals surface area contributed by atoms with Crippen LogP contribution in [0, 0.1) is 11.7 Å². The van der Waals surface area contributed by atoms with Crippen LogP contribution in [-0.4, -0.2) is 11.5 Å². The summed E-state index contributed by atoms with van der Waals surface area (Å²) in [6, 6.07) is 6.35. The molecule has 2 heterocycles. The van der Waals surface area contributed by atoms with Gasteiger partial charge in [0.25, 0.3) is 0 Å². The molecule has 2 atom stereocenters. The van der Waals surface area contributed by atoms with Crippen molar-refractivity contribution < 1.29 is 8.81 Å². The van der Waals surface area contributed by atoms with E-state index in [1.807, 2.05) is 17.8 Å². The second kappa shape index (κ2) is 4.35. The number of halogens is 1. The van der Waals surface area contributed by atoms with Gasteiger partial charge in [-0.1, -0.05) is 0 Å². The molecule has 17 heavy (non-hydrogen) atoms. The van der Waals surface area contributed by atoms with Crippen LogP contribution in [0.4, 0.5) is 4.39 Å². The van der Waals surface area contributed by atoms with Crippen LogP contribution in [0.25, 0.3) is 11.0 Å². The molecular weight excluding hydrogens is 237 g/mol. The van der Waals surface area contributed by atoms with Crippen molar-refractivity contribution in [3.8, 4) is 0 Å². The lowest BCUT2D eigenvalue weighted by atomic mass is 9.98. The molecule has 1 aliphatic rings. The molecule has 0 saturated carbocycles. The lowest BCUT2D eigenvalue weighted by Crippen LogP contribution is -2.20. The third-order valence-corrected chi connectivity index (χ3v) is 4.49. The first-order chi connectivity index (χ1) is 8.24. The molecule has 1 aromatic carbocycles. The van der Waals surface area contributed by atoms with Crippen LogP contribution in [0.1, 0.15) is 18.2 Å². The predicted octanol–water partition coefficient (Wildman–Crippen LogP) is 3.32. The summed E-state index contributed by atoms with van der Waals surface area (Å²) in [5.74, 6) is 3.28. The summed E-state index contributed by atoms with van der Waals surface area (Å²) in [6.45, 7) is 0. The highest BCUT2D eigenvalue weighted by atomic mass is 32.2.